The van der Waals surface area contributed by atoms with Crippen LogP contribution in [0, 0.1) is 11.7 Å². The minimum atomic E-state index is -0.516. The van der Waals surface area contributed by atoms with Gasteiger partial charge in [-0.2, -0.15) is 0 Å². The molecule has 2 bridgehead atoms. The summed E-state index contributed by atoms with van der Waals surface area (Å²) < 4.78 is 19.4. The fraction of sp³-hybridized carbons (Fsp3) is 0.636. The summed E-state index contributed by atoms with van der Waals surface area (Å²) >= 11 is 0. The minimum absolute atomic E-state index is 0.0363. The summed E-state index contributed by atoms with van der Waals surface area (Å²) in [5, 5.41) is 0. The summed E-state index contributed by atoms with van der Waals surface area (Å²) in [6.45, 7) is 5.62. The molecule has 0 aliphatic carbocycles. The van der Waals surface area contributed by atoms with Gasteiger partial charge in [0.2, 0.25) is 0 Å². The monoisotopic (exact) mass is 375 g/mol. The van der Waals surface area contributed by atoms with Crippen molar-refractivity contribution in [2.45, 2.75) is 83.4 Å². The number of piperidine rings is 2. The van der Waals surface area contributed by atoms with Crippen LogP contribution in [0.15, 0.2) is 24.3 Å². The Labute approximate surface area is 161 Å². The van der Waals surface area contributed by atoms with Gasteiger partial charge >= 0.3 is 6.09 Å². The van der Waals surface area contributed by atoms with Gasteiger partial charge in [0.05, 0.1) is 0 Å². The zero-order valence-electron chi connectivity index (χ0n) is 16.5. The van der Waals surface area contributed by atoms with E-state index in [1.165, 1.54) is 6.07 Å². The van der Waals surface area contributed by atoms with Crippen LogP contribution in [0.2, 0.25) is 0 Å². The number of carbonyl (C=O) groups excluding carboxylic acids is 2. The smallest absolute Gasteiger partial charge is 0.410 e. The minimum Gasteiger partial charge on any atom is -0.444 e. The number of ether oxygens (including phenoxy) is 1. The number of amides is 1. The Kier molecular flexibility index (Phi) is 5.87. The zero-order chi connectivity index (χ0) is 19.6. The summed E-state index contributed by atoms with van der Waals surface area (Å²) in [7, 11) is 0. The molecule has 27 heavy (non-hydrogen) atoms. The number of hydrogen-bond acceptors (Lipinski definition) is 3. The van der Waals surface area contributed by atoms with E-state index in [-0.39, 0.29) is 35.7 Å². The van der Waals surface area contributed by atoms with Crippen LogP contribution in [0.3, 0.4) is 0 Å². The molecular weight excluding hydrogens is 345 g/mol. The van der Waals surface area contributed by atoms with Gasteiger partial charge in [-0.25, -0.2) is 9.18 Å². The number of ketones is 1. The van der Waals surface area contributed by atoms with Crippen molar-refractivity contribution in [3.8, 4) is 0 Å². The van der Waals surface area contributed by atoms with E-state index < -0.39 is 5.60 Å². The van der Waals surface area contributed by atoms with Crippen molar-refractivity contribution in [2.24, 2.45) is 5.92 Å². The summed E-state index contributed by atoms with van der Waals surface area (Å²) in [5.74, 6) is -0.0910. The standard InChI is InChI=1S/C22H30FNO3/c1-22(2,3)27-21(26)24-17-8-6-9-18(24)14-16(13-17)20(25)12-11-15-7-4-5-10-19(15)23/h4-5,7,10,16-18H,6,8-9,11-14H2,1-3H3. The molecule has 0 radical (unpaired) electrons. The fourth-order valence-corrected chi connectivity index (χ4v) is 4.42. The average Bonchev–Trinajstić information content (AvgIpc) is 2.58. The normalized spacial score (nSPS) is 25.2. The number of hydrogen-bond donors (Lipinski definition) is 0. The molecule has 0 saturated carbocycles. The van der Waals surface area contributed by atoms with Crippen molar-refractivity contribution in [2.75, 3.05) is 0 Å². The maximum absolute atomic E-state index is 13.8. The lowest BCUT2D eigenvalue weighted by atomic mass is 9.76. The van der Waals surface area contributed by atoms with Crippen molar-refractivity contribution in [1.29, 1.82) is 0 Å². The van der Waals surface area contributed by atoms with E-state index in [9.17, 15) is 14.0 Å². The van der Waals surface area contributed by atoms with Crippen molar-refractivity contribution >= 4 is 11.9 Å². The lowest BCUT2D eigenvalue weighted by Crippen LogP contribution is -2.56. The van der Waals surface area contributed by atoms with Crippen molar-refractivity contribution in [1.82, 2.24) is 4.90 Å². The maximum Gasteiger partial charge on any atom is 0.410 e. The molecule has 5 heteroatoms. The number of rotatable bonds is 4. The number of halogens is 1. The predicted octanol–water partition coefficient (Wildman–Crippen LogP) is 4.90. The van der Waals surface area contributed by atoms with Gasteiger partial charge in [-0.3, -0.25) is 4.79 Å². The third-order valence-corrected chi connectivity index (χ3v) is 5.63. The molecule has 2 aliphatic heterocycles. The Morgan fingerprint density at radius 2 is 1.78 bits per heavy atom. The average molecular weight is 375 g/mol. The first-order chi connectivity index (χ1) is 12.7. The van der Waals surface area contributed by atoms with E-state index in [1.54, 1.807) is 18.2 Å². The SMILES string of the molecule is CC(C)(C)OC(=O)N1C2CCCC1CC(C(=O)CCc1ccccc1F)C2. The van der Waals surface area contributed by atoms with Crippen LogP contribution in [-0.2, 0) is 16.0 Å². The molecule has 2 fully saturated rings. The highest BCUT2D eigenvalue weighted by Gasteiger charge is 2.44. The maximum atomic E-state index is 13.8. The van der Waals surface area contributed by atoms with E-state index in [0.29, 0.717) is 31.2 Å². The summed E-state index contributed by atoms with van der Waals surface area (Å²) in [4.78, 5) is 27.3. The lowest BCUT2D eigenvalue weighted by Gasteiger charge is -2.48. The largest absolute Gasteiger partial charge is 0.444 e. The Hall–Kier alpha value is -1.91. The molecule has 1 aromatic carbocycles. The number of fused-ring (bicyclic) bond motifs is 2. The molecule has 2 heterocycles. The van der Waals surface area contributed by atoms with E-state index in [2.05, 4.69) is 0 Å². The molecule has 2 unspecified atom stereocenters. The van der Waals surface area contributed by atoms with Crippen LogP contribution in [0.5, 0.6) is 0 Å². The van der Waals surface area contributed by atoms with Gasteiger partial charge in [0.1, 0.15) is 17.2 Å². The quantitative estimate of drug-likeness (QED) is 0.752. The Morgan fingerprint density at radius 3 is 2.37 bits per heavy atom. The van der Waals surface area contributed by atoms with Gasteiger partial charge < -0.3 is 9.64 Å². The van der Waals surface area contributed by atoms with Crippen LogP contribution >= 0.6 is 0 Å². The number of Topliss-reactive ketones (excluding diaryl/α,β-unsaturated/α-hetero) is 1. The second kappa shape index (κ2) is 7.99. The zero-order valence-corrected chi connectivity index (χ0v) is 16.5. The molecular formula is C22H30FNO3. The molecule has 3 rings (SSSR count). The predicted molar refractivity (Wildman–Crippen MR) is 102 cm³/mol. The molecule has 0 spiro atoms. The lowest BCUT2D eigenvalue weighted by molar-refractivity contribution is -0.127. The van der Waals surface area contributed by atoms with Crippen molar-refractivity contribution in [3.05, 3.63) is 35.6 Å². The number of aryl methyl sites for hydroxylation is 1. The highest BCUT2D eigenvalue weighted by molar-refractivity contribution is 5.82. The first kappa shape index (κ1) is 19.8. The number of carbonyl (C=O) groups is 2. The van der Waals surface area contributed by atoms with Crippen LogP contribution in [0.1, 0.15) is 64.9 Å². The third-order valence-electron chi connectivity index (χ3n) is 5.63. The molecule has 0 aromatic heterocycles. The second-order valence-corrected chi connectivity index (χ2v) is 8.85. The molecule has 2 saturated heterocycles. The second-order valence-electron chi connectivity index (χ2n) is 8.85. The van der Waals surface area contributed by atoms with E-state index >= 15 is 0 Å². The Morgan fingerprint density at radius 1 is 1.15 bits per heavy atom. The Balaban J connectivity index is 1.61. The van der Waals surface area contributed by atoms with Crippen LogP contribution in [-0.4, -0.2) is 34.5 Å². The van der Waals surface area contributed by atoms with E-state index in [0.717, 1.165) is 19.3 Å². The molecule has 2 atom stereocenters. The van der Waals surface area contributed by atoms with Gasteiger partial charge in [-0.1, -0.05) is 18.2 Å². The first-order valence-electron chi connectivity index (χ1n) is 10.0. The molecule has 1 amide bonds. The van der Waals surface area contributed by atoms with Crippen molar-refractivity contribution in [3.63, 3.8) is 0 Å². The van der Waals surface area contributed by atoms with Gasteiger partial charge in [-0.15, -0.1) is 0 Å². The molecule has 1 aromatic rings. The van der Waals surface area contributed by atoms with Gasteiger partial charge in [0.15, 0.2) is 0 Å². The van der Waals surface area contributed by atoms with Crippen LogP contribution in [0.4, 0.5) is 9.18 Å². The molecule has 2 aliphatic rings. The Bertz CT molecular complexity index is 683. The third kappa shape index (κ3) is 4.88. The molecule has 0 N–H and O–H groups in total. The topological polar surface area (TPSA) is 46.6 Å². The van der Waals surface area contributed by atoms with Gasteiger partial charge in [-0.05, 0) is 70.9 Å². The summed E-state index contributed by atoms with van der Waals surface area (Å²) in [5.41, 5.74) is 0.0786. The van der Waals surface area contributed by atoms with E-state index in [4.69, 9.17) is 4.74 Å². The highest BCUT2D eigenvalue weighted by Crippen LogP contribution is 2.38. The van der Waals surface area contributed by atoms with Gasteiger partial charge in [0.25, 0.3) is 0 Å². The first-order valence-corrected chi connectivity index (χ1v) is 10.0. The summed E-state index contributed by atoms with van der Waals surface area (Å²) in [6, 6.07) is 6.79. The molecule has 148 valence electrons. The number of nitrogens with zero attached hydrogens (tertiary/aromatic N) is 1. The van der Waals surface area contributed by atoms with Crippen molar-refractivity contribution < 1.29 is 18.7 Å². The number of benzene rings is 1. The fourth-order valence-electron chi connectivity index (χ4n) is 4.42. The van der Waals surface area contributed by atoms with Gasteiger partial charge in [0, 0.05) is 24.4 Å². The highest BCUT2D eigenvalue weighted by atomic mass is 19.1. The van der Waals surface area contributed by atoms with Crippen LogP contribution in [0.25, 0.3) is 0 Å². The molecule has 4 nitrogen and oxygen atoms in total. The van der Waals surface area contributed by atoms with Crippen LogP contribution < -0.4 is 0 Å². The summed E-state index contributed by atoms with van der Waals surface area (Å²) in [6.07, 6.45) is 4.88. The van der Waals surface area contributed by atoms with E-state index in [1.807, 2.05) is 25.7 Å².